The highest BCUT2D eigenvalue weighted by Crippen LogP contribution is 2.31. The second kappa shape index (κ2) is 5.78. The van der Waals surface area contributed by atoms with Crippen LogP contribution in [0.4, 0.5) is 24.8 Å². The van der Waals surface area contributed by atoms with Crippen LogP contribution in [0.15, 0.2) is 30.9 Å². The molecule has 0 saturated heterocycles. The number of hydrazine groups is 1. The number of hydrogen-bond acceptors (Lipinski definition) is 5. The van der Waals surface area contributed by atoms with Gasteiger partial charge in [0.15, 0.2) is 0 Å². The van der Waals surface area contributed by atoms with Gasteiger partial charge >= 0.3 is 6.18 Å². The normalized spacial score (nSPS) is 11.4. The molecule has 0 amide bonds. The summed E-state index contributed by atoms with van der Waals surface area (Å²) in [5, 5.41) is 2.81. The fraction of sp³-hybridized carbons (Fsp3) is 0.273. The van der Waals surface area contributed by atoms with Gasteiger partial charge in [-0.05, 0) is 12.1 Å². The molecule has 0 unspecified atom stereocenters. The van der Waals surface area contributed by atoms with Crippen molar-refractivity contribution < 1.29 is 13.2 Å². The zero-order valence-electron chi connectivity index (χ0n) is 10.4. The number of alkyl halides is 3. The molecule has 2 heterocycles. The van der Waals surface area contributed by atoms with E-state index in [4.69, 9.17) is 5.84 Å². The topological polar surface area (TPSA) is 80.8 Å². The number of pyridine rings is 1. The van der Waals surface area contributed by atoms with Crippen LogP contribution in [0.2, 0.25) is 0 Å². The van der Waals surface area contributed by atoms with Crippen molar-refractivity contribution in [2.45, 2.75) is 12.7 Å². The van der Waals surface area contributed by atoms with Crippen molar-refractivity contribution in [3.05, 3.63) is 36.4 Å². The molecular formula is C11H13F3N6. The third-order valence-electron chi connectivity index (χ3n) is 2.54. The van der Waals surface area contributed by atoms with Crippen LogP contribution in [0, 0.1) is 0 Å². The van der Waals surface area contributed by atoms with Gasteiger partial charge in [-0.1, -0.05) is 0 Å². The van der Waals surface area contributed by atoms with Gasteiger partial charge in [-0.2, -0.15) is 13.2 Å². The van der Waals surface area contributed by atoms with Gasteiger partial charge in [-0.15, -0.1) is 0 Å². The molecule has 0 aliphatic rings. The molecule has 6 nitrogen and oxygen atoms in total. The summed E-state index contributed by atoms with van der Waals surface area (Å²) in [4.78, 5) is 7.78. The molecule has 2 aromatic heterocycles. The van der Waals surface area contributed by atoms with Crippen LogP contribution in [0.1, 0.15) is 5.56 Å². The Morgan fingerprint density at radius 3 is 2.60 bits per heavy atom. The quantitative estimate of drug-likeness (QED) is 0.576. The van der Waals surface area contributed by atoms with Gasteiger partial charge in [0.2, 0.25) is 0 Å². The van der Waals surface area contributed by atoms with Gasteiger partial charge in [0.1, 0.15) is 11.6 Å². The zero-order valence-corrected chi connectivity index (χ0v) is 10.4. The number of hydrogen-bond donors (Lipinski definition) is 3. The van der Waals surface area contributed by atoms with Crippen LogP contribution < -0.4 is 16.6 Å². The van der Waals surface area contributed by atoms with Gasteiger partial charge in [-0.25, -0.2) is 15.8 Å². The van der Waals surface area contributed by atoms with E-state index in [0.29, 0.717) is 13.1 Å². The molecule has 0 saturated carbocycles. The molecule has 2 rings (SSSR count). The summed E-state index contributed by atoms with van der Waals surface area (Å²) in [6.45, 7) is 0.970. The monoisotopic (exact) mass is 286 g/mol. The molecule has 0 aliphatic heterocycles. The first-order valence-electron chi connectivity index (χ1n) is 5.74. The maximum Gasteiger partial charge on any atom is 0.416 e. The van der Waals surface area contributed by atoms with Crippen molar-refractivity contribution >= 4 is 11.6 Å². The molecule has 0 bridgehead atoms. The molecule has 0 fully saturated rings. The van der Waals surface area contributed by atoms with Crippen molar-refractivity contribution in [2.24, 2.45) is 5.84 Å². The van der Waals surface area contributed by atoms with E-state index >= 15 is 0 Å². The molecule has 9 heteroatoms. The number of nitrogens with two attached hydrogens (primary N) is 1. The van der Waals surface area contributed by atoms with E-state index < -0.39 is 11.7 Å². The van der Waals surface area contributed by atoms with E-state index in [0.717, 1.165) is 12.1 Å². The zero-order chi connectivity index (χ0) is 14.6. The van der Waals surface area contributed by atoms with Crippen LogP contribution in [0.5, 0.6) is 0 Å². The van der Waals surface area contributed by atoms with Crippen molar-refractivity contribution in [1.29, 1.82) is 0 Å². The molecule has 0 radical (unpaired) electrons. The van der Waals surface area contributed by atoms with E-state index in [1.54, 1.807) is 23.3 Å². The molecular weight excluding hydrogens is 273 g/mol. The Bertz CT molecular complexity index is 552. The Balaban J connectivity index is 2.06. The van der Waals surface area contributed by atoms with Gasteiger partial charge in [0, 0.05) is 25.5 Å². The number of nitrogens with one attached hydrogen (secondary N) is 2. The van der Waals surface area contributed by atoms with Gasteiger partial charge in [0.25, 0.3) is 0 Å². The summed E-state index contributed by atoms with van der Waals surface area (Å²) in [7, 11) is 0. The Morgan fingerprint density at radius 2 is 2.00 bits per heavy atom. The highest BCUT2D eigenvalue weighted by atomic mass is 19.4. The van der Waals surface area contributed by atoms with E-state index in [9.17, 15) is 13.2 Å². The molecule has 108 valence electrons. The average Bonchev–Trinajstić information content (AvgIpc) is 2.90. The van der Waals surface area contributed by atoms with Crippen molar-refractivity contribution in [3.63, 3.8) is 0 Å². The van der Waals surface area contributed by atoms with Crippen molar-refractivity contribution in [1.82, 2.24) is 14.5 Å². The van der Waals surface area contributed by atoms with Gasteiger partial charge in [-0.3, -0.25) is 0 Å². The third-order valence-corrected chi connectivity index (χ3v) is 2.54. The molecule has 0 spiro atoms. The van der Waals surface area contributed by atoms with Crippen molar-refractivity contribution in [3.8, 4) is 0 Å². The molecule has 0 atom stereocenters. The van der Waals surface area contributed by atoms with Gasteiger partial charge in [0.05, 0.1) is 11.9 Å². The summed E-state index contributed by atoms with van der Waals surface area (Å²) in [6, 6.07) is 1.79. The third kappa shape index (κ3) is 3.60. The number of aromatic nitrogens is 3. The minimum Gasteiger partial charge on any atom is -0.368 e. The lowest BCUT2D eigenvalue weighted by molar-refractivity contribution is -0.137. The number of rotatable bonds is 5. The molecule has 4 N–H and O–H groups in total. The Kier molecular flexibility index (Phi) is 4.08. The van der Waals surface area contributed by atoms with E-state index in [-0.39, 0.29) is 11.6 Å². The van der Waals surface area contributed by atoms with Crippen LogP contribution in [0.3, 0.4) is 0 Å². The maximum absolute atomic E-state index is 12.7. The molecule has 20 heavy (non-hydrogen) atoms. The largest absolute Gasteiger partial charge is 0.416 e. The van der Waals surface area contributed by atoms with Crippen LogP contribution >= 0.6 is 0 Å². The minimum absolute atomic E-state index is 0.0510. The van der Waals surface area contributed by atoms with Crippen LogP contribution in [0.25, 0.3) is 0 Å². The van der Waals surface area contributed by atoms with E-state index in [1.807, 2.05) is 0 Å². The standard InChI is InChI=1S/C11H13F3N6/c12-11(13,14)8-5-9(18-10(6-8)19-15)17-2-4-20-3-1-16-7-20/h1,3,5-7H,2,4,15H2,(H2,17,18,19). The van der Waals surface area contributed by atoms with Crippen LogP contribution in [-0.2, 0) is 12.7 Å². The SMILES string of the molecule is NNc1cc(C(F)(F)F)cc(NCCn2ccnc2)n1. The fourth-order valence-electron chi connectivity index (χ4n) is 1.59. The van der Waals surface area contributed by atoms with E-state index in [1.165, 1.54) is 0 Å². The maximum atomic E-state index is 12.7. The smallest absolute Gasteiger partial charge is 0.368 e. The van der Waals surface area contributed by atoms with E-state index in [2.05, 4.69) is 20.7 Å². The number of nitrogens with zero attached hydrogens (tertiary/aromatic N) is 3. The number of nitrogen functional groups attached to an aromatic ring is 1. The summed E-state index contributed by atoms with van der Waals surface area (Å²) in [6.07, 6.45) is 0.552. The highest BCUT2D eigenvalue weighted by Gasteiger charge is 2.31. The van der Waals surface area contributed by atoms with Crippen molar-refractivity contribution in [2.75, 3.05) is 17.3 Å². The molecule has 0 aliphatic carbocycles. The summed E-state index contributed by atoms with van der Waals surface area (Å²) >= 11 is 0. The number of anilines is 2. The second-order valence-corrected chi connectivity index (χ2v) is 4.00. The summed E-state index contributed by atoms with van der Waals surface area (Å²) in [5.41, 5.74) is 1.30. The Labute approximate surface area is 112 Å². The second-order valence-electron chi connectivity index (χ2n) is 4.00. The Hall–Kier alpha value is -2.29. The lowest BCUT2D eigenvalue weighted by Gasteiger charge is -2.12. The summed E-state index contributed by atoms with van der Waals surface area (Å²) in [5.74, 6) is 5.17. The Morgan fingerprint density at radius 1 is 1.25 bits per heavy atom. The average molecular weight is 286 g/mol. The van der Waals surface area contributed by atoms with Gasteiger partial charge < -0.3 is 15.3 Å². The number of halogens is 3. The lowest BCUT2D eigenvalue weighted by Crippen LogP contribution is -2.15. The number of imidazole rings is 1. The minimum atomic E-state index is -4.45. The highest BCUT2D eigenvalue weighted by molar-refractivity contribution is 5.49. The molecule has 2 aromatic rings. The first kappa shape index (κ1) is 14.1. The first-order valence-corrected chi connectivity index (χ1v) is 5.74. The predicted octanol–water partition coefficient (Wildman–Crippen LogP) is 1.69. The fourth-order valence-corrected chi connectivity index (χ4v) is 1.59. The lowest BCUT2D eigenvalue weighted by atomic mass is 10.2. The predicted molar refractivity (Wildman–Crippen MR) is 67.8 cm³/mol. The first-order chi connectivity index (χ1) is 9.49. The summed E-state index contributed by atoms with van der Waals surface area (Å²) < 4.78 is 39.9. The molecule has 0 aromatic carbocycles. The van der Waals surface area contributed by atoms with Crippen LogP contribution in [-0.4, -0.2) is 21.1 Å².